The van der Waals surface area contributed by atoms with Crippen LogP contribution in [-0.2, 0) is 11.2 Å². The Morgan fingerprint density at radius 3 is 3.05 bits per heavy atom. The van der Waals surface area contributed by atoms with Crippen molar-refractivity contribution >= 4 is 11.8 Å². The van der Waals surface area contributed by atoms with Crippen molar-refractivity contribution in [3.8, 4) is 0 Å². The Labute approximate surface area is 108 Å². The van der Waals surface area contributed by atoms with Crippen molar-refractivity contribution in [2.75, 3.05) is 23.8 Å². The Balaban J connectivity index is 1.88. The predicted molar refractivity (Wildman–Crippen MR) is 64.1 cm³/mol. The number of alkyl halides is 1. The summed E-state index contributed by atoms with van der Waals surface area (Å²) in [6.07, 6.45) is -2.52. The molecule has 2 aliphatic rings. The smallest absolute Gasteiger partial charge is 0.221 e. The third-order valence-electron chi connectivity index (χ3n) is 3.54. The number of aromatic nitrogens is 2. The highest BCUT2D eigenvalue weighted by molar-refractivity contribution is 5.54. The first kappa shape index (κ1) is 12.5. The van der Waals surface area contributed by atoms with Crippen LogP contribution in [-0.4, -0.2) is 57.9 Å². The van der Waals surface area contributed by atoms with E-state index in [0.717, 1.165) is 5.56 Å². The number of rotatable bonds is 2. The second-order valence-electron chi connectivity index (χ2n) is 4.70. The number of fused-ring (bicyclic) bond motifs is 1. The van der Waals surface area contributed by atoms with Gasteiger partial charge in [-0.25, -0.2) is 9.37 Å². The average molecular weight is 270 g/mol. The van der Waals surface area contributed by atoms with Crippen LogP contribution in [0.2, 0.25) is 0 Å². The van der Waals surface area contributed by atoms with Crippen molar-refractivity contribution in [1.29, 1.82) is 0 Å². The van der Waals surface area contributed by atoms with Gasteiger partial charge in [0.2, 0.25) is 5.95 Å². The number of ether oxygens (including phenoxy) is 1. The number of aliphatic hydroxyl groups is 2. The van der Waals surface area contributed by atoms with E-state index in [9.17, 15) is 9.50 Å². The highest BCUT2D eigenvalue weighted by Crippen LogP contribution is 2.34. The van der Waals surface area contributed by atoms with E-state index < -0.39 is 31.2 Å². The summed E-state index contributed by atoms with van der Waals surface area (Å²) in [5, 5.41) is 18.7. The molecule has 3 rings (SSSR count). The molecule has 3 heterocycles. The Bertz CT molecular complexity index is 489. The molecule has 0 aromatic carbocycles. The molecule has 1 aromatic heterocycles. The maximum Gasteiger partial charge on any atom is 0.221 e. The van der Waals surface area contributed by atoms with Gasteiger partial charge in [-0.05, 0) is 6.42 Å². The van der Waals surface area contributed by atoms with Gasteiger partial charge in [-0.2, -0.15) is 4.98 Å². The molecule has 2 aliphatic heterocycles. The minimum Gasteiger partial charge on any atom is -0.394 e. The molecule has 1 saturated heterocycles. The van der Waals surface area contributed by atoms with Crippen molar-refractivity contribution in [1.82, 2.24) is 9.97 Å². The fraction of sp³-hybridized carbons (Fsp3) is 0.636. The summed E-state index contributed by atoms with van der Waals surface area (Å²) >= 11 is 0. The van der Waals surface area contributed by atoms with Gasteiger partial charge in [-0.3, -0.25) is 0 Å². The van der Waals surface area contributed by atoms with Gasteiger partial charge in [0, 0.05) is 18.3 Å². The lowest BCUT2D eigenvalue weighted by Crippen LogP contribution is -2.41. The molecule has 8 heteroatoms. The first-order chi connectivity index (χ1) is 9.11. The lowest BCUT2D eigenvalue weighted by atomic mass is 10.1. The van der Waals surface area contributed by atoms with Gasteiger partial charge in [-0.15, -0.1) is 0 Å². The van der Waals surface area contributed by atoms with Crippen molar-refractivity contribution < 1.29 is 19.3 Å². The number of nitrogen functional groups attached to an aromatic ring is 1. The van der Waals surface area contributed by atoms with Gasteiger partial charge < -0.3 is 25.6 Å². The zero-order chi connectivity index (χ0) is 13.6. The van der Waals surface area contributed by atoms with Crippen molar-refractivity contribution in [2.24, 2.45) is 0 Å². The predicted octanol–water partition coefficient (Wildman–Crippen LogP) is -1.16. The van der Waals surface area contributed by atoms with E-state index in [2.05, 4.69) is 9.97 Å². The molecule has 7 nitrogen and oxygen atoms in total. The summed E-state index contributed by atoms with van der Waals surface area (Å²) in [5.41, 5.74) is 6.40. The van der Waals surface area contributed by atoms with Crippen LogP contribution in [0.3, 0.4) is 0 Å². The molecule has 0 saturated carbocycles. The van der Waals surface area contributed by atoms with Gasteiger partial charge in [-0.1, -0.05) is 0 Å². The largest absolute Gasteiger partial charge is 0.394 e. The molecule has 104 valence electrons. The maximum atomic E-state index is 14.1. The Hall–Kier alpha value is -1.51. The first-order valence-corrected chi connectivity index (χ1v) is 6.08. The number of nitrogens with two attached hydrogens (primary N) is 1. The number of halogens is 1. The van der Waals surface area contributed by atoms with E-state index in [1.54, 1.807) is 11.1 Å². The molecule has 1 fully saturated rings. The molecule has 0 amide bonds. The lowest BCUT2D eigenvalue weighted by Gasteiger charge is -2.26. The second-order valence-corrected chi connectivity index (χ2v) is 4.70. The third-order valence-corrected chi connectivity index (χ3v) is 3.54. The Morgan fingerprint density at radius 1 is 1.58 bits per heavy atom. The zero-order valence-corrected chi connectivity index (χ0v) is 10.1. The molecular weight excluding hydrogens is 255 g/mol. The quantitative estimate of drug-likeness (QED) is 0.622. The summed E-state index contributed by atoms with van der Waals surface area (Å²) in [7, 11) is 0. The summed E-state index contributed by atoms with van der Waals surface area (Å²) in [6, 6.07) is 0. The van der Waals surface area contributed by atoms with Crippen LogP contribution >= 0.6 is 0 Å². The highest BCUT2D eigenvalue weighted by Gasteiger charge is 2.48. The Kier molecular flexibility index (Phi) is 3.00. The molecular formula is C11H15FN4O3. The zero-order valence-electron chi connectivity index (χ0n) is 10.1. The standard InChI is InChI=1S/C11H15FN4O3/c12-7-8(18)6(4-17)19-10(7)16-2-1-5-3-14-11(13)15-9(5)16/h3,6-8,10,17-18H,1-2,4H2,(H2,13,14,15). The van der Waals surface area contributed by atoms with E-state index in [0.29, 0.717) is 18.8 Å². The van der Waals surface area contributed by atoms with E-state index in [1.807, 2.05) is 0 Å². The molecule has 1 aromatic rings. The average Bonchev–Trinajstić information content (AvgIpc) is 2.92. The summed E-state index contributed by atoms with van der Waals surface area (Å²) in [4.78, 5) is 9.61. The van der Waals surface area contributed by atoms with E-state index >= 15 is 0 Å². The number of aliphatic hydroxyl groups excluding tert-OH is 2. The fourth-order valence-electron chi connectivity index (χ4n) is 2.54. The minimum absolute atomic E-state index is 0.110. The number of anilines is 2. The van der Waals surface area contributed by atoms with Crippen LogP contribution in [0.15, 0.2) is 6.20 Å². The van der Waals surface area contributed by atoms with Gasteiger partial charge in [0.1, 0.15) is 18.0 Å². The third kappa shape index (κ3) is 1.92. The number of nitrogens with zero attached hydrogens (tertiary/aromatic N) is 3. The minimum atomic E-state index is -1.60. The molecule has 0 aliphatic carbocycles. The lowest BCUT2D eigenvalue weighted by molar-refractivity contribution is -0.0220. The normalized spacial score (nSPS) is 33.7. The molecule has 0 spiro atoms. The fourth-order valence-corrected chi connectivity index (χ4v) is 2.54. The van der Waals surface area contributed by atoms with Gasteiger partial charge in [0.25, 0.3) is 0 Å². The summed E-state index contributed by atoms with van der Waals surface area (Å²) in [5.74, 6) is 0.643. The van der Waals surface area contributed by atoms with Crippen molar-refractivity contribution in [3.05, 3.63) is 11.8 Å². The SMILES string of the molecule is Nc1ncc2c(n1)N(C1OC(CO)C(O)C1F)CC2. The topological polar surface area (TPSA) is 105 Å². The molecule has 19 heavy (non-hydrogen) atoms. The van der Waals surface area contributed by atoms with E-state index in [1.165, 1.54) is 0 Å². The van der Waals surface area contributed by atoms with Crippen molar-refractivity contribution in [2.45, 2.75) is 31.0 Å². The van der Waals surface area contributed by atoms with Crippen LogP contribution in [0, 0.1) is 0 Å². The highest BCUT2D eigenvalue weighted by atomic mass is 19.1. The van der Waals surface area contributed by atoms with E-state index in [-0.39, 0.29) is 5.95 Å². The van der Waals surface area contributed by atoms with E-state index in [4.69, 9.17) is 15.6 Å². The van der Waals surface area contributed by atoms with Crippen LogP contribution in [0.4, 0.5) is 16.2 Å². The number of hydrogen-bond acceptors (Lipinski definition) is 7. The monoisotopic (exact) mass is 270 g/mol. The van der Waals surface area contributed by atoms with Gasteiger partial charge in [0.05, 0.1) is 6.61 Å². The summed E-state index contributed by atoms with van der Waals surface area (Å²) in [6.45, 7) is 0.0914. The molecule has 4 N–H and O–H groups in total. The number of hydrogen-bond donors (Lipinski definition) is 3. The van der Waals surface area contributed by atoms with Crippen LogP contribution in [0.1, 0.15) is 5.56 Å². The second kappa shape index (κ2) is 4.55. The molecule has 0 bridgehead atoms. The molecule has 4 unspecified atom stereocenters. The van der Waals surface area contributed by atoms with Gasteiger partial charge >= 0.3 is 0 Å². The van der Waals surface area contributed by atoms with Crippen LogP contribution in [0.5, 0.6) is 0 Å². The van der Waals surface area contributed by atoms with Gasteiger partial charge in [0.15, 0.2) is 12.4 Å². The molecule has 0 radical (unpaired) electrons. The molecule has 4 atom stereocenters. The van der Waals surface area contributed by atoms with Crippen LogP contribution in [0.25, 0.3) is 0 Å². The van der Waals surface area contributed by atoms with Crippen LogP contribution < -0.4 is 10.6 Å². The van der Waals surface area contributed by atoms with Crippen molar-refractivity contribution in [3.63, 3.8) is 0 Å². The Morgan fingerprint density at radius 2 is 2.37 bits per heavy atom. The summed E-state index contributed by atoms with van der Waals surface area (Å²) < 4.78 is 19.4. The maximum absolute atomic E-state index is 14.1. The first-order valence-electron chi connectivity index (χ1n) is 6.08.